The molecule has 8 heteroatoms. The monoisotopic (exact) mass is 393 g/mol. The summed E-state index contributed by atoms with van der Waals surface area (Å²) in [6.07, 6.45) is -1.08. The van der Waals surface area contributed by atoms with Crippen molar-refractivity contribution >= 4 is 17.7 Å². The Morgan fingerprint density at radius 3 is 2.21 bits per heavy atom. The number of allylic oxidation sites excluding steroid dienone is 1. The van der Waals surface area contributed by atoms with Gasteiger partial charge in [0.25, 0.3) is 6.41 Å². The Morgan fingerprint density at radius 1 is 1.11 bits per heavy atom. The average Bonchev–Trinajstić information content (AvgIpc) is 2.69. The molecule has 1 unspecified atom stereocenters. The zero-order valence-corrected chi connectivity index (χ0v) is 16.8. The first-order valence-corrected chi connectivity index (χ1v) is 8.76. The molecule has 154 valence electrons. The van der Waals surface area contributed by atoms with Gasteiger partial charge >= 0.3 is 11.9 Å². The van der Waals surface area contributed by atoms with E-state index in [2.05, 4.69) is 4.99 Å². The number of rotatable bonds is 10. The van der Waals surface area contributed by atoms with Crippen LogP contribution in [0.2, 0.25) is 0 Å². The predicted molar refractivity (Wildman–Crippen MR) is 103 cm³/mol. The number of carbonyl (C=O) groups is 2. The van der Waals surface area contributed by atoms with Crippen molar-refractivity contribution in [3.8, 4) is 0 Å². The maximum absolute atomic E-state index is 12.7. The van der Waals surface area contributed by atoms with Gasteiger partial charge in [-0.25, -0.2) is 9.79 Å². The summed E-state index contributed by atoms with van der Waals surface area (Å²) in [5.41, 5.74) is 0.482. The molecular weight excluding hydrogens is 366 g/mol. The molecule has 8 nitrogen and oxygen atoms in total. The summed E-state index contributed by atoms with van der Waals surface area (Å²) in [6, 6.07) is 9.06. The van der Waals surface area contributed by atoms with Crippen molar-refractivity contribution in [2.24, 2.45) is 10.9 Å². The predicted octanol–water partition coefficient (Wildman–Crippen LogP) is 2.78. The minimum Gasteiger partial charge on any atom is -0.512 e. The third-order valence-corrected chi connectivity index (χ3v) is 3.73. The molecule has 0 heterocycles. The van der Waals surface area contributed by atoms with E-state index in [1.165, 1.54) is 28.1 Å². The lowest BCUT2D eigenvalue weighted by Gasteiger charge is -2.19. The number of hydrogen-bond donors (Lipinski definition) is 1. The number of ether oxygens (including phenoxy) is 4. The molecule has 0 bridgehead atoms. The first kappa shape index (κ1) is 23.3. The van der Waals surface area contributed by atoms with Crippen LogP contribution in [-0.2, 0) is 35.1 Å². The number of methoxy groups -OCH3 is 2. The number of aliphatic hydroxyl groups excluding tert-OH is 1. The van der Waals surface area contributed by atoms with Gasteiger partial charge in [-0.2, -0.15) is 0 Å². The lowest BCUT2D eigenvalue weighted by Crippen LogP contribution is -2.31. The van der Waals surface area contributed by atoms with Gasteiger partial charge in [-0.1, -0.05) is 30.3 Å². The third kappa shape index (κ3) is 6.79. The highest BCUT2D eigenvalue weighted by Crippen LogP contribution is 2.18. The molecule has 1 aromatic carbocycles. The summed E-state index contributed by atoms with van der Waals surface area (Å²) < 4.78 is 20.4. The number of esters is 2. The second-order valence-corrected chi connectivity index (χ2v) is 5.79. The molecule has 0 aliphatic heterocycles. The molecule has 0 aliphatic carbocycles. The SMILES string of the molecule is CCOC(=O)C(C)C(=NC(OC)OC)C(C(=O)OCc1ccccc1)=C(C)O. The number of aliphatic hydroxyl groups is 1. The maximum atomic E-state index is 12.7. The minimum atomic E-state index is -1.08. The van der Waals surface area contributed by atoms with Gasteiger partial charge in [0.15, 0.2) is 0 Å². The summed E-state index contributed by atoms with van der Waals surface area (Å²) in [6.45, 7) is 4.63. The maximum Gasteiger partial charge on any atom is 0.343 e. The highest BCUT2D eigenvalue weighted by molar-refractivity contribution is 6.25. The van der Waals surface area contributed by atoms with Crippen LogP contribution in [0, 0.1) is 5.92 Å². The third-order valence-electron chi connectivity index (χ3n) is 3.73. The lowest BCUT2D eigenvalue weighted by atomic mass is 9.97. The fourth-order valence-electron chi connectivity index (χ4n) is 2.32. The van der Waals surface area contributed by atoms with Crippen molar-refractivity contribution in [2.75, 3.05) is 20.8 Å². The first-order valence-electron chi connectivity index (χ1n) is 8.76. The Balaban J connectivity index is 3.21. The van der Waals surface area contributed by atoms with Gasteiger partial charge in [-0.05, 0) is 26.3 Å². The summed E-state index contributed by atoms with van der Waals surface area (Å²) in [4.78, 5) is 29.1. The summed E-state index contributed by atoms with van der Waals surface area (Å²) in [7, 11) is 2.71. The van der Waals surface area contributed by atoms with Gasteiger partial charge in [0.05, 0.1) is 18.2 Å². The molecule has 1 N–H and O–H groups in total. The molecular formula is C20H27NO7. The Morgan fingerprint density at radius 2 is 1.71 bits per heavy atom. The van der Waals surface area contributed by atoms with Crippen molar-refractivity contribution < 1.29 is 33.6 Å². The fraction of sp³-hybridized carbons (Fsp3) is 0.450. The van der Waals surface area contributed by atoms with Crippen LogP contribution in [0.1, 0.15) is 26.3 Å². The van der Waals surface area contributed by atoms with Gasteiger partial charge in [-0.15, -0.1) is 0 Å². The smallest absolute Gasteiger partial charge is 0.343 e. The quantitative estimate of drug-likeness (QED) is 0.214. The molecule has 1 atom stereocenters. The zero-order valence-electron chi connectivity index (χ0n) is 16.8. The van der Waals surface area contributed by atoms with Crippen molar-refractivity contribution in [2.45, 2.75) is 33.8 Å². The van der Waals surface area contributed by atoms with Crippen molar-refractivity contribution in [1.29, 1.82) is 0 Å². The zero-order chi connectivity index (χ0) is 21.1. The van der Waals surface area contributed by atoms with E-state index in [0.29, 0.717) is 0 Å². The Hall–Kier alpha value is -2.71. The molecule has 0 saturated heterocycles. The average molecular weight is 393 g/mol. The number of carbonyl (C=O) groups excluding carboxylic acids is 2. The molecule has 0 spiro atoms. The highest BCUT2D eigenvalue weighted by atomic mass is 16.7. The lowest BCUT2D eigenvalue weighted by molar-refractivity contribution is -0.145. The van der Waals surface area contributed by atoms with Crippen LogP contribution >= 0.6 is 0 Å². The molecule has 0 saturated carbocycles. The number of nitrogens with zero attached hydrogens (tertiary/aromatic N) is 1. The molecule has 0 amide bonds. The minimum absolute atomic E-state index is 0.00446. The van der Waals surface area contributed by atoms with Gasteiger partial charge in [-0.3, -0.25) is 4.79 Å². The molecule has 0 aliphatic rings. The summed E-state index contributed by atoms with van der Waals surface area (Å²) in [5, 5.41) is 10.1. The van der Waals surface area contributed by atoms with Crippen molar-refractivity contribution in [1.82, 2.24) is 0 Å². The first-order chi connectivity index (χ1) is 13.3. The second-order valence-electron chi connectivity index (χ2n) is 5.79. The molecule has 0 fully saturated rings. The normalized spacial score (nSPS) is 13.7. The van der Waals surface area contributed by atoms with E-state index >= 15 is 0 Å². The summed E-state index contributed by atoms with van der Waals surface area (Å²) >= 11 is 0. The van der Waals surface area contributed by atoms with Crippen LogP contribution in [-0.4, -0.2) is 50.0 Å². The Labute approximate surface area is 164 Å². The highest BCUT2D eigenvalue weighted by Gasteiger charge is 2.31. The van der Waals surface area contributed by atoms with E-state index in [4.69, 9.17) is 18.9 Å². The second kappa shape index (κ2) is 11.9. The van der Waals surface area contributed by atoms with Crippen LogP contribution in [0.5, 0.6) is 0 Å². The molecule has 1 aromatic rings. The van der Waals surface area contributed by atoms with Crippen LogP contribution in [0.4, 0.5) is 0 Å². The molecule has 1 rings (SSSR count). The standard InChI is InChI=1S/C20H27NO7/c1-6-27-18(23)13(2)17(21-20(25-4)26-5)16(14(3)22)19(24)28-12-15-10-8-7-9-11-15/h7-11,13,20,22H,6,12H2,1-5H3. The van der Waals surface area contributed by atoms with E-state index < -0.39 is 24.3 Å². The van der Waals surface area contributed by atoms with Gasteiger partial charge in [0.2, 0.25) is 0 Å². The van der Waals surface area contributed by atoms with Crippen LogP contribution in [0.3, 0.4) is 0 Å². The van der Waals surface area contributed by atoms with E-state index in [0.717, 1.165) is 5.56 Å². The summed E-state index contributed by atoms with van der Waals surface area (Å²) in [5.74, 6) is -2.75. The largest absolute Gasteiger partial charge is 0.512 e. The van der Waals surface area contributed by atoms with Crippen molar-refractivity contribution in [3.63, 3.8) is 0 Å². The van der Waals surface area contributed by atoms with Gasteiger partial charge in [0, 0.05) is 14.2 Å². The van der Waals surface area contributed by atoms with E-state index in [9.17, 15) is 14.7 Å². The molecule has 0 aromatic heterocycles. The van der Waals surface area contributed by atoms with Crippen LogP contribution in [0.25, 0.3) is 0 Å². The number of aliphatic imine (C=N–C) groups is 1. The van der Waals surface area contributed by atoms with Crippen LogP contribution < -0.4 is 0 Å². The Kier molecular flexibility index (Phi) is 9.91. The topological polar surface area (TPSA) is 104 Å². The molecule has 0 radical (unpaired) electrons. The van der Waals surface area contributed by atoms with E-state index in [1.807, 2.05) is 18.2 Å². The van der Waals surface area contributed by atoms with E-state index in [1.54, 1.807) is 19.1 Å². The number of benzene rings is 1. The van der Waals surface area contributed by atoms with Gasteiger partial charge < -0.3 is 24.1 Å². The van der Waals surface area contributed by atoms with E-state index in [-0.39, 0.29) is 30.3 Å². The number of hydrogen-bond acceptors (Lipinski definition) is 8. The van der Waals surface area contributed by atoms with Gasteiger partial charge in [0.1, 0.15) is 17.9 Å². The van der Waals surface area contributed by atoms with Crippen LogP contribution in [0.15, 0.2) is 46.7 Å². The Bertz CT molecular complexity index is 705. The molecule has 28 heavy (non-hydrogen) atoms. The van der Waals surface area contributed by atoms with Crippen molar-refractivity contribution in [3.05, 3.63) is 47.2 Å². The fourth-order valence-corrected chi connectivity index (χ4v) is 2.32.